The van der Waals surface area contributed by atoms with Gasteiger partial charge in [-0.2, -0.15) is 0 Å². The van der Waals surface area contributed by atoms with Gasteiger partial charge in [0.2, 0.25) is 5.60 Å². The molecule has 0 radical (unpaired) electrons. The number of hydrogen-bond donors (Lipinski definition) is 2. The smallest absolute Gasteiger partial charge is 0.413 e. The number of thiazole rings is 1. The SMILES string of the molecule is CC(C)(C)OC(=O)Nc1nc(/C(=N/OC(c2ccccc2)(c2ccccc2)c2ccccc2)C(=O)N[C@@H]2C(=O)N3C(C(=O)OC(c4ccccc4)c4ccccc4)=C(SCSc4cnns4)CS(=O)[C@H]23)cs1. The molecule has 2 aliphatic heterocycles. The van der Waals surface area contributed by atoms with Gasteiger partial charge in [-0.25, -0.2) is 14.6 Å². The molecule has 72 heavy (non-hydrogen) atoms. The van der Waals surface area contributed by atoms with Gasteiger partial charge in [-0.05, 0) is 43.4 Å². The Labute approximate surface area is 434 Å². The number of hydrogen-bond acceptors (Lipinski definition) is 16. The van der Waals surface area contributed by atoms with Gasteiger partial charge in [-0.15, -0.1) is 40.0 Å². The summed E-state index contributed by atoms with van der Waals surface area (Å²) in [4.78, 5) is 70.1. The number of carbonyl (C=O) groups is 4. The van der Waals surface area contributed by atoms with Crippen molar-refractivity contribution in [2.45, 2.75) is 53.7 Å². The molecule has 1 fully saturated rings. The topological polar surface area (TPSA) is 191 Å². The number of fused-ring (bicyclic) bond motifs is 1. The van der Waals surface area contributed by atoms with Crippen LogP contribution in [-0.2, 0) is 45.1 Å². The second-order valence-electron chi connectivity index (χ2n) is 17.1. The van der Waals surface area contributed by atoms with Crippen molar-refractivity contribution < 1.29 is 37.7 Å². The van der Waals surface area contributed by atoms with E-state index < -0.39 is 63.4 Å². The predicted molar refractivity (Wildman–Crippen MR) is 280 cm³/mol. The van der Waals surface area contributed by atoms with Crippen molar-refractivity contribution in [1.82, 2.24) is 24.8 Å². The maximum atomic E-state index is 15.0. The molecule has 3 amide bonds. The van der Waals surface area contributed by atoms with Gasteiger partial charge >= 0.3 is 12.1 Å². The maximum Gasteiger partial charge on any atom is 0.413 e. The molecule has 0 aliphatic carbocycles. The minimum absolute atomic E-state index is 0.00982. The van der Waals surface area contributed by atoms with Crippen LogP contribution in [0.1, 0.15) is 60.4 Å². The summed E-state index contributed by atoms with van der Waals surface area (Å²) in [6.45, 7) is 5.17. The van der Waals surface area contributed by atoms with E-state index in [0.717, 1.165) is 15.5 Å². The second kappa shape index (κ2) is 22.2. The summed E-state index contributed by atoms with van der Waals surface area (Å²) in [6.07, 6.45) is 0.00914. The molecule has 3 atom stereocenters. The monoisotopic (exact) mass is 1060 g/mol. The molecule has 4 heterocycles. The molecule has 9 rings (SSSR count). The Bertz CT molecular complexity index is 2990. The standard InChI is InChI=1S/C52H45N7O8S5/c1-51(2,3)66-50(63)56-49-54-38(30-68-49)41(57-67-52(35-23-13-6-14-24-35,36-25-15-7-16-26-36)37-27-17-8-18-28-37)45(60)55-42-46(61)59-43(39(31-72(64)47(42)59)69-32-70-40-29-53-58-71-40)48(62)65-44(33-19-9-4-10-20-33)34-21-11-5-12-22-34/h4-30,42,44,47H,31-32H2,1-3H3,(H,55,60)(H,54,56,63)/b57-41-/t42-,47-,72?/m1/s1. The highest BCUT2D eigenvalue weighted by Crippen LogP contribution is 2.43. The zero-order chi connectivity index (χ0) is 50.2. The zero-order valence-electron chi connectivity index (χ0n) is 38.8. The van der Waals surface area contributed by atoms with Gasteiger partial charge in [0.1, 0.15) is 32.6 Å². The van der Waals surface area contributed by atoms with Crippen molar-refractivity contribution >= 4 is 91.9 Å². The molecule has 0 bridgehead atoms. The Morgan fingerprint density at radius 3 is 1.90 bits per heavy atom. The summed E-state index contributed by atoms with van der Waals surface area (Å²) in [5.41, 5.74) is 0.776. The summed E-state index contributed by atoms with van der Waals surface area (Å²) in [6, 6.07) is 45.3. The number of oxime groups is 1. The number of rotatable bonds is 17. The van der Waals surface area contributed by atoms with Crippen molar-refractivity contribution in [3.8, 4) is 0 Å². The van der Waals surface area contributed by atoms with Crippen molar-refractivity contribution in [3.63, 3.8) is 0 Å². The van der Waals surface area contributed by atoms with Crippen LogP contribution in [0.25, 0.3) is 0 Å². The van der Waals surface area contributed by atoms with E-state index in [0.29, 0.717) is 37.8 Å². The van der Waals surface area contributed by atoms with Gasteiger partial charge in [0, 0.05) is 32.1 Å². The van der Waals surface area contributed by atoms with E-state index in [1.807, 2.05) is 152 Å². The lowest BCUT2D eigenvalue weighted by molar-refractivity contribution is -0.154. The minimum Gasteiger partial charge on any atom is -0.448 e. The first-order chi connectivity index (χ1) is 34.9. The molecule has 2 aliphatic rings. The molecule has 2 aromatic heterocycles. The average Bonchev–Trinajstić information content (AvgIpc) is 4.09. The molecule has 7 aromatic rings. The van der Waals surface area contributed by atoms with E-state index in [1.54, 1.807) is 27.0 Å². The number of carbonyl (C=O) groups excluding carboxylic acids is 4. The molecule has 1 saturated heterocycles. The molecule has 366 valence electrons. The predicted octanol–water partition coefficient (Wildman–Crippen LogP) is 9.50. The molecule has 0 spiro atoms. The average molecular weight is 1060 g/mol. The van der Waals surface area contributed by atoms with Crippen molar-refractivity contribution in [2.75, 3.05) is 16.2 Å². The van der Waals surface area contributed by atoms with Crippen molar-refractivity contribution in [1.29, 1.82) is 0 Å². The van der Waals surface area contributed by atoms with Crippen LogP contribution < -0.4 is 10.6 Å². The molecular weight excluding hydrogens is 1010 g/mol. The van der Waals surface area contributed by atoms with Gasteiger partial charge < -0.3 is 19.6 Å². The first-order valence-corrected chi connectivity index (χ1v) is 27.4. The number of β-lactam (4-membered cyclic amide) rings is 1. The maximum absolute atomic E-state index is 15.0. The number of aromatic nitrogens is 3. The fraction of sp³-hybridized carbons (Fsp3) is 0.192. The molecule has 15 nitrogen and oxygen atoms in total. The normalized spacial score (nSPS) is 16.9. The summed E-state index contributed by atoms with van der Waals surface area (Å²) in [5.74, 6) is -2.51. The number of anilines is 1. The largest absolute Gasteiger partial charge is 0.448 e. The van der Waals surface area contributed by atoms with Gasteiger partial charge in [0.05, 0.1) is 22.7 Å². The van der Waals surface area contributed by atoms with Crippen LogP contribution in [0.15, 0.2) is 183 Å². The van der Waals surface area contributed by atoms with Crippen LogP contribution in [0.5, 0.6) is 0 Å². The molecule has 2 N–H and O–H groups in total. The fourth-order valence-electron chi connectivity index (χ4n) is 8.01. The number of thioether (sulfide) groups is 2. The van der Waals surface area contributed by atoms with Gasteiger partial charge in [-0.1, -0.05) is 161 Å². The van der Waals surface area contributed by atoms with E-state index in [9.17, 15) is 23.4 Å². The van der Waals surface area contributed by atoms with Crippen molar-refractivity contribution in [2.24, 2.45) is 5.16 Å². The third-order valence-corrected chi connectivity index (χ3v) is 16.8. The second-order valence-corrected chi connectivity index (χ2v) is 23.0. The number of esters is 1. The number of nitrogens with one attached hydrogen (secondary N) is 2. The van der Waals surface area contributed by atoms with E-state index in [2.05, 4.69) is 30.4 Å². The van der Waals surface area contributed by atoms with Crippen molar-refractivity contribution in [3.05, 3.63) is 207 Å². The molecule has 20 heteroatoms. The van der Waals surface area contributed by atoms with E-state index in [-0.39, 0.29) is 28.0 Å². The highest BCUT2D eigenvalue weighted by molar-refractivity contribution is 8.18. The van der Waals surface area contributed by atoms with E-state index in [4.69, 9.17) is 14.3 Å². The molecule has 1 unspecified atom stereocenters. The van der Waals surface area contributed by atoms with Crippen LogP contribution >= 0.6 is 46.4 Å². The van der Waals surface area contributed by atoms with Crippen LogP contribution in [0.4, 0.5) is 9.93 Å². The summed E-state index contributed by atoms with van der Waals surface area (Å²) in [5, 5.41) is 14.7. The van der Waals surface area contributed by atoms with Crippen LogP contribution in [-0.4, -0.2) is 81.1 Å². The lowest BCUT2D eigenvalue weighted by atomic mass is 9.80. The van der Waals surface area contributed by atoms with Crippen LogP contribution in [0.2, 0.25) is 0 Å². The minimum atomic E-state index is -1.82. The molecule has 5 aromatic carbocycles. The van der Waals surface area contributed by atoms with Crippen LogP contribution in [0, 0.1) is 0 Å². The molecule has 0 saturated carbocycles. The number of nitrogens with zero attached hydrogens (tertiary/aromatic N) is 5. The van der Waals surface area contributed by atoms with E-state index in [1.165, 1.54) is 45.3 Å². The summed E-state index contributed by atoms with van der Waals surface area (Å²) < 4.78 is 31.0. The van der Waals surface area contributed by atoms with Gasteiger partial charge in [-0.3, -0.25) is 24.0 Å². The van der Waals surface area contributed by atoms with Gasteiger partial charge in [0.25, 0.3) is 11.8 Å². The quantitative estimate of drug-likeness (QED) is 0.0167. The Hall–Kier alpha value is -6.97. The summed E-state index contributed by atoms with van der Waals surface area (Å²) >= 11 is 4.92. The molecular formula is C52H45N7O8S5. The van der Waals surface area contributed by atoms with E-state index >= 15 is 0 Å². The number of benzene rings is 5. The first kappa shape index (κ1) is 50.0. The third kappa shape index (κ3) is 11.1. The Kier molecular flexibility index (Phi) is 15.4. The zero-order valence-corrected chi connectivity index (χ0v) is 42.9. The highest BCUT2D eigenvalue weighted by atomic mass is 32.2. The fourth-order valence-corrected chi connectivity index (χ4v) is 13.6. The Balaban J connectivity index is 1.07. The Morgan fingerprint density at radius 1 is 0.819 bits per heavy atom. The Morgan fingerprint density at radius 2 is 1.38 bits per heavy atom. The third-order valence-electron chi connectivity index (χ3n) is 11.2. The highest BCUT2D eigenvalue weighted by Gasteiger charge is 2.58. The number of amides is 3. The number of ether oxygens (including phenoxy) is 2. The lowest BCUT2D eigenvalue weighted by Gasteiger charge is -2.49. The van der Waals surface area contributed by atoms with Gasteiger partial charge in [0.15, 0.2) is 16.9 Å². The van der Waals surface area contributed by atoms with Crippen LogP contribution in [0.3, 0.4) is 0 Å². The lowest BCUT2D eigenvalue weighted by Crippen LogP contribution is -2.74. The first-order valence-electron chi connectivity index (χ1n) is 22.4. The summed E-state index contributed by atoms with van der Waals surface area (Å²) in [7, 11) is -1.82.